The molecule has 256 valence electrons. The van der Waals surface area contributed by atoms with Gasteiger partial charge in [0.05, 0.1) is 14.2 Å². The first kappa shape index (κ1) is 34.9. The number of amides is 1. The van der Waals surface area contributed by atoms with Crippen LogP contribution in [0.4, 0.5) is 0 Å². The van der Waals surface area contributed by atoms with Crippen LogP contribution in [0.2, 0.25) is 0 Å². The molecule has 11 nitrogen and oxygen atoms in total. The lowest BCUT2D eigenvalue weighted by Gasteiger charge is -2.30. The van der Waals surface area contributed by atoms with Crippen LogP contribution in [-0.2, 0) is 24.7 Å². The first-order valence-electron chi connectivity index (χ1n) is 16.1. The van der Waals surface area contributed by atoms with Crippen molar-refractivity contribution in [3.05, 3.63) is 113 Å². The lowest BCUT2D eigenvalue weighted by atomic mass is 9.83. The number of hydrogen-bond acceptors (Lipinski definition) is 9. The van der Waals surface area contributed by atoms with Crippen LogP contribution in [0.5, 0.6) is 17.2 Å². The quantitative estimate of drug-likeness (QED) is 0.0956. The van der Waals surface area contributed by atoms with Crippen molar-refractivity contribution >= 4 is 17.8 Å². The minimum Gasteiger partial charge on any atom is -0.497 e. The van der Waals surface area contributed by atoms with Crippen LogP contribution < -0.4 is 30.8 Å². The summed E-state index contributed by atoms with van der Waals surface area (Å²) in [4.78, 5) is 38.1. The maximum Gasteiger partial charge on any atom is 0.335 e. The number of carbonyl (C=O) groups is 3. The normalized spacial score (nSPS) is 13.7. The fraction of sp³-hybridized carbons (Fsp3) is 0.289. The molecular formula is C38H41N3O8. The molecule has 1 aliphatic carbocycles. The van der Waals surface area contributed by atoms with Crippen molar-refractivity contribution in [3.8, 4) is 28.4 Å². The zero-order valence-corrected chi connectivity index (χ0v) is 27.7. The van der Waals surface area contributed by atoms with Crippen molar-refractivity contribution in [2.45, 2.75) is 43.7 Å². The Morgan fingerprint density at radius 2 is 1.51 bits per heavy atom. The molecule has 1 aliphatic rings. The standard InChI is InChI=1S/C38H41N3O8/c1-4-5-14-33(36(43)44)40-41-35(42)23-48-25-17-15-24(16-18-25)38(39,32-20-19-26(46-2)21-34(32)47-3)37(45)49-22-31-29-12-8-6-10-27(29)28-11-7-9-13-30(28)31/h6-13,15-21,31,33,40H,4-5,14,22-23,39H2,1-3H3,(H,41,42)(H,43,44)/t33-,38?/m0/s1. The number of rotatable bonds is 16. The number of nitrogens with one attached hydrogen (secondary N) is 2. The number of esters is 1. The number of hydrogen-bond donors (Lipinski definition) is 4. The Kier molecular flexibility index (Phi) is 11.2. The van der Waals surface area contributed by atoms with Crippen molar-refractivity contribution < 1.29 is 38.4 Å². The van der Waals surface area contributed by atoms with E-state index in [2.05, 4.69) is 23.0 Å². The monoisotopic (exact) mass is 667 g/mol. The Morgan fingerprint density at radius 3 is 2.10 bits per heavy atom. The van der Waals surface area contributed by atoms with Crippen LogP contribution in [0.15, 0.2) is 91.0 Å². The van der Waals surface area contributed by atoms with E-state index >= 15 is 0 Å². The minimum atomic E-state index is -1.81. The Morgan fingerprint density at radius 1 is 0.878 bits per heavy atom. The topological polar surface area (TPSA) is 158 Å². The van der Waals surface area contributed by atoms with E-state index in [-0.39, 0.29) is 19.1 Å². The van der Waals surface area contributed by atoms with Crippen LogP contribution in [-0.4, -0.2) is 56.4 Å². The number of hydrazine groups is 1. The van der Waals surface area contributed by atoms with Crippen LogP contribution in [0.3, 0.4) is 0 Å². The number of aliphatic carboxylic acids is 1. The highest BCUT2D eigenvalue weighted by molar-refractivity contribution is 5.88. The molecule has 0 radical (unpaired) electrons. The molecule has 2 atom stereocenters. The first-order chi connectivity index (χ1) is 23.7. The van der Waals surface area contributed by atoms with Gasteiger partial charge in [-0.1, -0.05) is 80.4 Å². The van der Waals surface area contributed by atoms with Gasteiger partial charge in [0.15, 0.2) is 12.1 Å². The second-order valence-corrected chi connectivity index (χ2v) is 11.7. The highest BCUT2D eigenvalue weighted by Gasteiger charge is 2.43. The summed E-state index contributed by atoms with van der Waals surface area (Å²) in [7, 11) is 3.01. The fourth-order valence-electron chi connectivity index (χ4n) is 6.05. The van der Waals surface area contributed by atoms with Gasteiger partial charge in [0.25, 0.3) is 5.91 Å². The van der Waals surface area contributed by atoms with Crippen LogP contribution in [0.25, 0.3) is 11.1 Å². The summed E-state index contributed by atoms with van der Waals surface area (Å²) in [6.45, 7) is 1.64. The maximum atomic E-state index is 14.2. The molecule has 49 heavy (non-hydrogen) atoms. The van der Waals surface area contributed by atoms with E-state index in [4.69, 9.17) is 24.7 Å². The Bertz CT molecular complexity index is 1750. The third kappa shape index (κ3) is 7.53. The van der Waals surface area contributed by atoms with E-state index in [1.807, 2.05) is 43.3 Å². The van der Waals surface area contributed by atoms with Gasteiger partial charge in [0.2, 0.25) is 0 Å². The molecule has 4 aromatic carbocycles. The van der Waals surface area contributed by atoms with Crippen LogP contribution in [0, 0.1) is 0 Å². The smallest absolute Gasteiger partial charge is 0.335 e. The molecule has 0 saturated carbocycles. The lowest BCUT2D eigenvalue weighted by molar-refractivity contribution is -0.149. The average molecular weight is 668 g/mol. The third-order valence-electron chi connectivity index (χ3n) is 8.71. The number of carboxylic acid groups (broad SMARTS) is 1. The molecule has 1 unspecified atom stereocenters. The summed E-state index contributed by atoms with van der Waals surface area (Å²) < 4.78 is 22.8. The number of carboxylic acids is 1. The second-order valence-electron chi connectivity index (χ2n) is 11.7. The van der Waals surface area contributed by atoms with E-state index in [1.165, 1.54) is 14.2 Å². The molecule has 0 saturated heterocycles. The molecule has 5 N–H and O–H groups in total. The number of fused-ring (bicyclic) bond motifs is 3. The second kappa shape index (κ2) is 15.7. The number of nitrogens with two attached hydrogens (primary N) is 1. The average Bonchev–Trinajstić information content (AvgIpc) is 3.45. The van der Waals surface area contributed by atoms with E-state index in [0.29, 0.717) is 41.2 Å². The van der Waals surface area contributed by atoms with Gasteiger partial charge in [-0.05, 0) is 58.5 Å². The van der Waals surface area contributed by atoms with Gasteiger partial charge >= 0.3 is 11.9 Å². The Hall–Kier alpha value is -5.39. The predicted molar refractivity (Wildman–Crippen MR) is 183 cm³/mol. The van der Waals surface area contributed by atoms with Crippen LogP contribution in [0.1, 0.15) is 54.4 Å². The summed E-state index contributed by atoms with van der Waals surface area (Å²) in [5.74, 6) is -1.29. The number of unbranched alkanes of at least 4 members (excludes halogenated alkanes) is 1. The van der Waals surface area contributed by atoms with Gasteiger partial charge in [-0.25, -0.2) is 10.2 Å². The summed E-state index contributed by atoms with van der Waals surface area (Å²) >= 11 is 0. The molecule has 5 rings (SSSR count). The van der Waals surface area contributed by atoms with Gasteiger partial charge in [0, 0.05) is 17.5 Å². The molecule has 0 fully saturated rings. The summed E-state index contributed by atoms with van der Waals surface area (Å²) in [5, 5.41) is 9.36. The summed E-state index contributed by atoms with van der Waals surface area (Å²) in [6, 6.07) is 26.7. The number of ether oxygens (including phenoxy) is 4. The lowest BCUT2D eigenvalue weighted by Crippen LogP contribution is -2.49. The van der Waals surface area contributed by atoms with Crippen molar-refractivity contribution in [1.29, 1.82) is 0 Å². The molecule has 0 aliphatic heterocycles. The largest absolute Gasteiger partial charge is 0.497 e. The Balaban J connectivity index is 1.36. The zero-order valence-electron chi connectivity index (χ0n) is 27.7. The predicted octanol–water partition coefficient (Wildman–Crippen LogP) is 4.90. The van der Waals surface area contributed by atoms with E-state index in [0.717, 1.165) is 28.7 Å². The molecule has 0 aromatic heterocycles. The highest BCUT2D eigenvalue weighted by Crippen LogP contribution is 2.45. The van der Waals surface area contributed by atoms with Gasteiger partial charge in [-0.3, -0.25) is 15.0 Å². The van der Waals surface area contributed by atoms with E-state index in [1.54, 1.807) is 42.5 Å². The van der Waals surface area contributed by atoms with Crippen molar-refractivity contribution in [2.75, 3.05) is 27.4 Å². The first-order valence-corrected chi connectivity index (χ1v) is 16.1. The maximum absolute atomic E-state index is 14.2. The summed E-state index contributed by atoms with van der Waals surface area (Å²) in [6.07, 6.45) is 1.90. The van der Waals surface area contributed by atoms with Gasteiger partial charge in [-0.2, -0.15) is 0 Å². The zero-order chi connectivity index (χ0) is 35.0. The van der Waals surface area contributed by atoms with Gasteiger partial charge in [0.1, 0.15) is 29.9 Å². The number of carbonyl (C=O) groups excluding carboxylic acids is 2. The van der Waals surface area contributed by atoms with Crippen LogP contribution >= 0.6 is 0 Å². The number of benzene rings is 4. The molecule has 1 amide bonds. The molecule has 0 heterocycles. The van der Waals surface area contributed by atoms with Crippen molar-refractivity contribution in [3.63, 3.8) is 0 Å². The molecule has 4 aromatic rings. The van der Waals surface area contributed by atoms with E-state index < -0.39 is 29.4 Å². The SMILES string of the molecule is CCCC[C@H](NNC(=O)COc1ccc(C(N)(C(=O)OCC2c3ccccc3-c3ccccc32)c2ccc(OC)cc2OC)cc1)C(=O)O. The molecule has 11 heteroatoms. The fourth-order valence-corrected chi connectivity index (χ4v) is 6.05. The van der Waals surface area contributed by atoms with Gasteiger partial charge in [-0.15, -0.1) is 0 Å². The van der Waals surface area contributed by atoms with Crippen molar-refractivity contribution in [2.24, 2.45) is 5.73 Å². The summed E-state index contributed by atoms with van der Waals surface area (Å²) in [5.41, 5.74) is 15.3. The number of methoxy groups -OCH3 is 2. The highest BCUT2D eigenvalue weighted by atomic mass is 16.5. The Labute approximate surface area is 285 Å². The molecule has 0 bridgehead atoms. The van der Waals surface area contributed by atoms with Crippen molar-refractivity contribution in [1.82, 2.24) is 10.9 Å². The minimum absolute atomic E-state index is 0.0653. The van der Waals surface area contributed by atoms with E-state index in [9.17, 15) is 19.5 Å². The van der Waals surface area contributed by atoms with Gasteiger partial charge < -0.3 is 29.8 Å². The molecule has 0 spiro atoms. The molecular weight excluding hydrogens is 626 g/mol. The third-order valence-corrected chi connectivity index (χ3v) is 8.71.